The third-order valence-corrected chi connectivity index (χ3v) is 4.22. The minimum atomic E-state index is -0.0272. The maximum absolute atomic E-state index is 12.7. The topological polar surface area (TPSA) is 46.3 Å². The van der Waals surface area contributed by atoms with Gasteiger partial charge in [0.05, 0.1) is 0 Å². The molecule has 0 N–H and O–H groups in total. The van der Waals surface area contributed by atoms with Crippen molar-refractivity contribution in [3.05, 3.63) is 42.1 Å². The first-order chi connectivity index (χ1) is 10.2. The molecule has 1 fully saturated rings. The molecule has 1 aliphatic heterocycles. The van der Waals surface area contributed by atoms with Crippen LogP contribution in [0.2, 0.25) is 0 Å². The highest BCUT2D eigenvalue weighted by molar-refractivity contribution is 5.93. The highest BCUT2D eigenvalue weighted by Crippen LogP contribution is 2.26. The molecule has 0 radical (unpaired) electrons. The smallest absolute Gasteiger partial charge is 0.276 e. The molecule has 0 aliphatic carbocycles. The largest absolute Gasteiger partial charge is 0.355 e. The number of aromatic nitrogens is 1. The molecule has 1 saturated heterocycles. The molecule has 4 nitrogen and oxygen atoms in total. The molecule has 21 heavy (non-hydrogen) atoms. The SMILES string of the molecule is C[C@@H]1CCC[C@@H](C)N1C(=O)c1cc(-c2ccccc2)on1. The summed E-state index contributed by atoms with van der Waals surface area (Å²) in [7, 11) is 0. The molecule has 1 aromatic heterocycles. The van der Waals surface area contributed by atoms with Crippen molar-refractivity contribution in [1.82, 2.24) is 10.1 Å². The Hall–Kier alpha value is -2.10. The van der Waals surface area contributed by atoms with E-state index >= 15 is 0 Å². The average Bonchev–Trinajstić information content (AvgIpc) is 2.97. The predicted molar refractivity (Wildman–Crippen MR) is 80.9 cm³/mol. The van der Waals surface area contributed by atoms with Gasteiger partial charge >= 0.3 is 0 Å². The van der Waals surface area contributed by atoms with E-state index < -0.39 is 0 Å². The Morgan fingerprint density at radius 1 is 1.19 bits per heavy atom. The number of carbonyl (C=O) groups excluding carboxylic acids is 1. The van der Waals surface area contributed by atoms with Gasteiger partial charge in [-0.3, -0.25) is 4.79 Å². The maximum Gasteiger partial charge on any atom is 0.276 e. The quantitative estimate of drug-likeness (QED) is 0.844. The van der Waals surface area contributed by atoms with Crippen LogP contribution in [0, 0.1) is 0 Å². The minimum absolute atomic E-state index is 0.0272. The number of likely N-dealkylation sites (tertiary alicyclic amines) is 1. The molecule has 3 rings (SSSR count). The molecular weight excluding hydrogens is 264 g/mol. The number of amides is 1. The van der Waals surface area contributed by atoms with Crippen LogP contribution >= 0.6 is 0 Å². The standard InChI is InChI=1S/C17H20N2O2/c1-12-7-6-8-13(2)19(12)17(20)15-11-16(21-18-15)14-9-4-3-5-10-14/h3-5,9-13H,6-8H2,1-2H3/t12-,13-/m1/s1. The van der Waals surface area contributed by atoms with Crippen LogP contribution in [0.1, 0.15) is 43.6 Å². The molecule has 2 atom stereocenters. The summed E-state index contributed by atoms with van der Waals surface area (Å²) in [6.07, 6.45) is 3.29. The van der Waals surface area contributed by atoms with E-state index in [-0.39, 0.29) is 18.0 Å². The van der Waals surface area contributed by atoms with Crippen molar-refractivity contribution in [3.63, 3.8) is 0 Å². The van der Waals surface area contributed by atoms with Gasteiger partial charge in [-0.2, -0.15) is 0 Å². The Morgan fingerprint density at radius 2 is 1.86 bits per heavy atom. The summed E-state index contributed by atoms with van der Waals surface area (Å²) in [4.78, 5) is 14.6. The maximum atomic E-state index is 12.7. The zero-order chi connectivity index (χ0) is 14.8. The van der Waals surface area contributed by atoms with E-state index in [4.69, 9.17) is 4.52 Å². The third-order valence-electron chi connectivity index (χ3n) is 4.22. The van der Waals surface area contributed by atoms with Crippen LogP contribution in [0.25, 0.3) is 11.3 Å². The third kappa shape index (κ3) is 2.71. The van der Waals surface area contributed by atoms with E-state index in [1.807, 2.05) is 35.2 Å². The van der Waals surface area contributed by atoms with Crippen LogP contribution in [-0.4, -0.2) is 28.0 Å². The van der Waals surface area contributed by atoms with Crippen LogP contribution in [0.5, 0.6) is 0 Å². The molecule has 2 aromatic rings. The van der Waals surface area contributed by atoms with Crippen LogP contribution in [-0.2, 0) is 0 Å². The predicted octanol–water partition coefficient (Wildman–Crippen LogP) is 3.74. The molecule has 0 bridgehead atoms. The van der Waals surface area contributed by atoms with E-state index in [9.17, 15) is 4.79 Å². The number of carbonyl (C=O) groups is 1. The van der Waals surface area contributed by atoms with Gasteiger partial charge in [-0.05, 0) is 33.1 Å². The second-order valence-corrected chi connectivity index (χ2v) is 5.78. The lowest BCUT2D eigenvalue weighted by atomic mass is 9.97. The fourth-order valence-electron chi connectivity index (χ4n) is 3.07. The first kappa shape index (κ1) is 13.9. The van der Waals surface area contributed by atoms with E-state index in [0.717, 1.165) is 18.4 Å². The normalized spacial score (nSPS) is 22.3. The van der Waals surface area contributed by atoms with Crippen molar-refractivity contribution >= 4 is 5.91 Å². The molecule has 0 spiro atoms. The summed E-state index contributed by atoms with van der Waals surface area (Å²) in [5.74, 6) is 0.608. The van der Waals surface area contributed by atoms with Gasteiger partial charge in [-0.15, -0.1) is 0 Å². The summed E-state index contributed by atoms with van der Waals surface area (Å²) < 4.78 is 5.34. The lowest BCUT2D eigenvalue weighted by molar-refractivity contribution is 0.0500. The average molecular weight is 284 g/mol. The number of piperidine rings is 1. The van der Waals surface area contributed by atoms with Crippen molar-refractivity contribution in [2.24, 2.45) is 0 Å². The van der Waals surface area contributed by atoms with Gasteiger partial charge in [0.15, 0.2) is 11.5 Å². The summed E-state index contributed by atoms with van der Waals surface area (Å²) in [6.45, 7) is 4.21. The van der Waals surface area contributed by atoms with E-state index in [0.29, 0.717) is 11.5 Å². The Bertz CT molecular complexity index is 611. The molecule has 110 valence electrons. The number of hydrogen-bond acceptors (Lipinski definition) is 3. The van der Waals surface area contributed by atoms with E-state index in [2.05, 4.69) is 19.0 Å². The monoisotopic (exact) mass is 284 g/mol. The number of nitrogens with zero attached hydrogens (tertiary/aromatic N) is 2. The van der Waals surface area contributed by atoms with Gasteiger partial charge in [0.25, 0.3) is 5.91 Å². The van der Waals surface area contributed by atoms with Crippen LogP contribution in [0.4, 0.5) is 0 Å². The number of benzene rings is 1. The van der Waals surface area contributed by atoms with Gasteiger partial charge < -0.3 is 9.42 Å². The fourth-order valence-corrected chi connectivity index (χ4v) is 3.07. The first-order valence-corrected chi connectivity index (χ1v) is 7.51. The Morgan fingerprint density at radius 3 is 2.52 bits per heavy atom. The molecule has 4 heteroatoms. The Balaban J connectivity index is 1.84. The first-order valence-electron chi connectivity index (χ1n) is 7.51. The van der Waals surface area contributed by atoms with E-state index in [1.54, 1.807) is 6.07 Å². The van der Waals surface area contributed by atoms with Crippen molar-refractivity contribution in [1.29, 1.82) is 0 Å². The summed E-state index contributed by atoms with van der Waals surface area (Å²) in [5, 5.41) is 3.97. The van der Waals surface area contributed by atoms with Crippen molar-refractivity contribution in [2.75, 3.05) is 0 Å². The van der Waals surface area contributed by atoms with Crippen LogP contribution < -0.4 is 0 Å². The van der Waals surface area contributed by atoms with Crippen molar-refractivity contribution in [2.45, 2.75) is 45.2 Å². The Kier molecular flexibility index (Phi) is 3.78. The molecule has 1 aromatic carbocycles. The van der Waals surface area contributed by atoms with Crippen molar-refractivity contribution in [3.8, 4) is 11.3 Å². The van der Waals surface area contributed by atoms with Gasteiger partial charge in [0, 0.05) is 23.7 Å². The lowest BCUT2D eigenvalue weighted by Gasteiger charge is -2.38. The molecule has 2 heterocycles. The summed E-state index contributed by atoms with van der Waals surface area (Å²) >= 11 is 0. The molecule has 1 amide bonds. The van der Waals surface area contributed by atoms with Gasteiger partial charge in [0.2, 0.25) is 0 Å². The Labute approximate surface area is 124 Å². The highest BCUT2D eigenvalue weighted by Gasteiger charge is 2.31. The molecular formula is C17H20N2O2. The lowest BCUT2D eigenvalue weighted by Crippen LogP contribution is -2.47. The fraction of sp³-hybridized carbons (Fsp3) is 0.412. The van der Waals surface area contributed by atoms with Crippen molar-refractivity contribution < 1.29 is 9.32 Å². The summed E-state index contributed by atoms with van der Waals surface area (Å²) in [5.41, 5.74) is 1.33. The number of hydrogen-bond donors (Lipinski definition) is 0. The molecule has 1 aliphatic rings. The zero-order valence-electron chi connectivity index (χ0n) is 12.5. The molecule has 0 saturated carbocycles. The number of rotatable bonds is 2. The second kappa shape index (κ2) is 5.72. The molecule has 0 unspecified atom stereocenters. The van der Waals surface area contributed by atoms with Gasteiger partial charge in [-0.25, -0.2) is 0 Å². The van der Waals surface area contributed by atoms with Crippen LogP contribution in [0.15, 0.2) is 40.9 Å². The summed E-state index contributed by atoms with van der Waals surface area (Å²) in [6, 6.07) is 12.0. The highest BCUT2D eigenvalue weighted by atomic mass is 16.5. The zero-order valence-corrected chi connectivity index (χ0v) is 12.5. The van der Waals surface area contributed by atoms with Crippen LogP contribution in [0.3, 0.4) is 0 Å². The van der Waals surface area contributed by atoms with Gasteiger partial charge in [-0.1, -0.05) is 35.5 Å². The minimum Gasteiger partial charge on any atom is -0.355 e. The van der Waals surface area contributed by atoms with Gasteiger partial charge in [0.1, 0.15) is 0 Å². The van der Waals surface area contributed by atoms with E-state index in [1.165, 1.54) is 6.42 Å². The second-order valence-electron chi connectivity index (χ2n) is 5.78.